The molecule has 0 heterocycles. The molecule has 78 valence electrons. The highest BCUT2D eigenvalue weighted by molar-refractivity contribution is 6.33. The molecular formula is C10H14ClNO2. The maximum absolute atomic E-state index is 9.11. The third-order valence-electron chi connectivity index (χ3n) is 1.86. The van der Waals surface area contributed by atoms with Crippen LogP contribution < -0.4 is 5.32 Å². The van der Waals surface area contributed by atoms with Crippen molar-refractivity contribution in [2.75, 3.05) is 18.5 Å². The SMILES string of the molecule is Cc1ccc(NCC(O)CO)c(Cl)c1. The fourth-order valence-electron chi connectivity index (χ4n) is 1.06. The van der Waals surface area contributed by atoms with E-state index in [0.29, 0.717) is 11.6 Å². The summed E-state index contributed by atoms with van der Waals surface area (Å²) in [5, 5.41) is 21.3. The molecule has 3 nitrogen and oxygen atoms in total. The van der Waals surface area contributed by atoms with Gasteiger partial charge in [-0.15, -0.1) is 0 Å². The second-order valence-electron chi connectivity index (χ2n) is 3.20. The van der Waals surface area contributed by atoms with E-state index in [0.717, 1.165) is 11.3 Å². The molecule has 0 fully saturated rings. The number of aliphatic hydroxyl groups is 2. The Kier molecular flexibility index (Phi) is 4.20. The van der Waals surface area contributed by atoms with Gasteiger partial charge in [-0.3, -0.25) is 0 Å². The number of aliphatic hydroxyl groups excluding tert-OH is 2. The quantitative estimate of drug-likeness (QED) is 0.712. The van der Waals surface area contributed by atoms with Gasteiger partial charge in [0.25, 0.3) is 0 Å². The molecule has 1 atom stereocenters. The Hall–Kier alpha value is -0.770. The van der Waals surface area contributed by atoms with E-state index in [1.807, 2.05) is 25.1 Å². The van der Waals surface area contributed by atoms with Crippen molar-refractivity contribution in [1.82, 2.24) is 0 Å². The highest BCUT2D eigenvalue weighted by Crippen LogP contribution is 2.22. The average Bonchev–Trinajstić information content (AvgIpc) is 2.16. The van der Waals surface area contributed by atoms with Crippen molar-refractivity contribution < 1.29 is 10.2 Å². The fourth-order valence-corrected chi connectivity index (χ4v) is 1.36. The average molecular weight is 216 g/mol. The molecule has 1 aromatic carbocycles. The van der Waals surface area contributed by atoms with E-state index in [9.17, 15) is 0 Å². The first-order valence-corrected chi connectivity index (χ1v) is 4.80. The van der Waals surface area contributed by atoms with Crippen molar-refractivity contribution in [3.63, 3.8) is 0 Å². The van der Waals surface area contributed by atoms with Gasteiger partial charge in [0, 0.05) is 6.54 Å². The Morgan fingerprint density at radius 3 is 2.79 bits per heavy atom. The van der Waals surface area contributed by atoms with Crippen LogP contribution in [0.4, 0.5) is 5.69 Å². The first kappa shape index (κ1) is 11.3. The second-order valence-corrected chi connectivity index (χ2v) is 3.61. The minimum absolute atomic E-state index is 0.253. The number of hydrogen-bond donors (Lipinski definition) is 3. The van der Waals surface area contributed by atoms with Gasteiger partial charge in [-0.2, -0.15) is 0 Å². The van der Waals surface area contributed by atoms with Gasteiger partial charge in [-0.05, 0) is 24.6 Å². The summed E-state index contributed by atoms with van der Waals surface area (Å²) in [6, 6.07) is 5.62. The summed E-state index contributed by atoms with van der Waals surface area (Å²) in [6.45, 7) is 1.99. The summed E-state index contributed by atoms with van der Waals surface area (Å²) in [5.41, 5.74) is 1.85. The lowest BCUT2D eigenvalue weighted by molar-refractivity contribution is 0.105. The highest BCUT2D eigenvalue weighted by Gasteiger charge is 2.03. The summed E-state index contributed by atoms with van der Waals surface area (Å²) in [7, 11) is 0. The van der Waals surface area contributed by atoms with Crippen molar-refractivity contribution in [1.29, 1.82) is 0 Å². The van der Waals surface area contributed by atoms with Gasteiger partial charge >= 0.3 is 0 Å². The first-order chi connectivity index (χ1) is 6.63. The Morgan fingerprint density at radius 2 is 2.21 bits per heavy atom. The van der Waals surface area contributed by atoms with Gasteiger partial charge in [0.2, 0.25) is 0 Å². The third kappa shape index (κ3) is 3.18. The second kappa shape index (κ2) is 5.20. The molecule has 3 N–H and O–H groups in total. The van der Waals surface area contributed by atoms with Crippen LogP contribution in [-0.2, 0) is 0 Å². The van der Waals surface area contributed by atoms with Crippen LogP contribution in [0.25, 0.3) is 0 Å². The van der Waals surface area contributed by atoms with Crippen LogP contribution >= 0.6 is 11.6 Å². The maximum Gasteiger partial charge on any atom is 0.0942 e. The van der Waals surface area contributed by atoms with Crippen LogP contribution in [0.1, 0.15) is 5.56 Å². The van der Waals surface area contributed by atoms with Gasteiger partial charge in [-0.25, -0.2) is 0 Å². The van der Waals surface area contributed by atoms with Gasteiger partial charge in [0.05, 0.1) is 23.4 Å². The minimum atomic E-state index is -0.757. The molecule has 0 aliphatic carbocycles. The Balaban J connectivity index is 2.59. The molecule has 0 aliphatic rings. The highest BCUT2D eigenvalue weighted by atomic mass is 35.5. The molecule has 0 bridgehead atoms. The third-order valence-corrected chi connectivity index (χ3v) is 2.18. The number of rotatable bonds is 4. The number of hydrogen-bond acceptors (Lipinski definition) is 3. The van der Waals surface area contributed by atoms with E-state index in [1.54, 1.807) is 0 Å². The van der Waals surface area contributed by atoms with Crippen LogP contribution in [0, 0.1) is 6.92 Å². The largest absolute Gasteiger partial charge is 0.394 e. The Bertz CT molecular complexity index is 304. The van der Waals surface area contributed by atoms with Crippen LogP contribution in [0.15, 0.2) is 18.2 Å². The summed E-state index contributed by atoms with van der Waals surface area (Å²) in [5.74, 6) is 0. The monoisotopic (exact) mass is 215 g/mol. The van der Waals surface area contributed by atoms with Crippen molar-refractivity contribution in [2.24, 2.45) is 0 Å². The lowest BCUT2D eigenvalue weighted by atomic mass is 10.2. The maximum atomic E-state index is 9.11. The van der Waals surface area contributed by atoms with Gasteiger partial charge < -0.3 is 15.5 Å². The zero-order chi connectivity index (χ0) is 10.6. The lowest BCUT2D eigenvalue weighted by Gasteiger charge is -2.11. The molecule has 0 amide bonds. The molecule has 14 heavy (non-hydrogen) atoms. The van der Waals surface area contributed by atoms with E-state index in [-0.39, 0.29) is 6.61 Å². The molecule has 1 aromatic rings. The zero-order valence-electron chi connectivity index (χ0n) is 8.00. The van der Waals surface area contributed by atoms with Crippen molar-refractivity contribution >= 4 is 17.3 Å². The Labute approximate surface area is 88.3 Å². The molecule has 4 heteroatoms. The minimum Gasteiger partial charge on any atom is -0.394 e. The zero-order valence-corrected chi connectivity index (χ0v) is 8.75. The van der Waals surface area contributed by atoms with Gasteiger partial charge in [-0.1, -0.05) is 17.7 Å². The summed E-state index contributed by atoms with van der Waals surface area (Å²) in [4.78, 5) is 0. The van der Waals surface area contributed by atoms with Crippen molar-refractivity contribution in [3.8, 4) is 0 Å². The topological polar surface area (TPSA) is 52.5 Å². The van der Waals surface area contributed by atoms with E-state index >= 15 is 0 Å². The molecule has 0 saturated heterocycles. The molecule has 1 unspecified atom stereocenters. The van der Waals surface area contributed by atoms with E-state index in [2.05, 4.69) is 5.32 Å². The molecule has 0 radical (unpaired) electrons. The molecular weight excluding hydrogens is 202 g/mol. The lowest BCUT2D eigenvalue weighted by Crippen LogP contribution is -2.23. The van der Waals surface area contributed by atoms with Crippen LogP contribution in [0.2, 0.25) is 5.02 Å². The van der Waals surface area contributed by atoms with Crippen molar-refractivity contribution in [3.05, 3.63) is 28.8 Å². The van der Waals surface area contributed by atoms with E-state index < -0.39 is 6.10 Å². The van der Waals surface area contributed by atoms with Crippen LogP contribution in [0.5, 0.6) is 0 Å². The number of anilines is 1. The summed E-state index contributed by atoms with van der Waals surface area (Å²) in [6.07, 6.45) is -0.757. The van der Waals surface area contributed by atoms with E-state index in [4.69, 9.17) is 21.8 Å². The van der Waals surface area contributed by atoms with Crippen LogP contribution in [0.3, 0.4) is 0 Å². The molecule has 0 spiro atoms. The van der Waals surface area contributed by atoms with Crippen molar-refractivity contribution in [2.45, 2.75) is 13.0 Å². The number of halogens is 1. The Morgan fingerprint density at radius 1 is 1.50 bits per heavy atom. The molecule has 0 aromatic heterocycles. The predicted octanol–water partition coefficient (Wildman–Crippen LogP) is 1.41. The number of benzene rings is 1. The standard InChI is InChI=1S/C10H14ClNO2/c1-7-2-3-10(9(11)4-7)12-5-8(14)6-13/h2-4,8,12-14H,5-6H2,1H3. The fraction of sp³-hybridized carbons (Fsp3) is 0.400. The van der Waals surface area contributed by atoms with Gasteiger partial charge in [0.15, 0.2) is 0 Å². The first-order valence-electron chi connectivity index (χ1n) is 4.42. The summed E-state index contributed by atoms with van der Waals surface area (Å²) >= 11 is 5.95. The molecule has 0 aliphatic heterocycles. The van der Waals surface area contributed by atoms with E-state index in [1.165, 1.54) is 0 Å². The predicted molar refractivity (Wildman–Crippen MR) is 57.8 cm³/mol. The molecule has 1 rings (SSSR count). The van der Waals surface area contributed by atoms with Gasteiger partial charge in [0.1, 0.15) is 0 Å². The normalized spacial score (nSPS) is 12.6. The smallest absolute Gasteiger partial charge is 0.0942 e. The number of aryl methyl sites for hydroxylation is 1. The van der Waals surface area contributed by atoms with Crippen LogP contribution in [-0.4, -0.2) is 29.5 Å². The number of nitrogens with one attached hydrogen (secondary N) is 1. The summed E-state index contributed by atoms with van der Waals surface area (Å²) < 4.78 is 0. The molecule has 0 saturated carbocycles.